The number of likely N-dealkylation sites (N-methyl/N-ethyl adjacent to an activating group) is 1. The summed E-state index contributed by atoms with van der Waals surface area (Å²) >= 11 is 5.42. The van der Waals surface area contributed by atoms with Gasteiger partial charge in [0.05, 0.1) is 5.02 Å². The molecule has 0 aliphatic rings. The van der Waals surface area contributed by atoms with Crippen LogP contribution in [-0.2, 0) is 6.42 Å². The summed E-state index contributed by atoms with van der Waals surface area (Å²) in [4.78, 5) is 0. The number of hydrogen-bond donors (Lipinski definition) is 2. The average Bonchev–Trinajstić information content (AvgIpc) is 2.15. The lowest BCUT2D eigenvalue weighted by atomic mass is 10.1. The van der Waals surface area contributed by atoms with Crippen molar-refractivity contribution in [2.45, 2.75) is 6.42 Å². The van der Waals surface area contributed by atoms with E-state index in [4.69, 9.17) is 11.6 Å². The molecule has 0 fully saturated rings. The molecular weight excluding hydrogens is 212 g/mol. The van der Waals surface area contributed by atoms with Crippen molar-refractivity contribution >= 4 is 11.6 Å². The van der Waals surface area contributed by atoms with E-state index in [0.29, 0.717) is 6.54 Å². The van der Waals surface area contributed by atoms with Gasteiger partial charge in [0.1, 0.15) is 5.82 Å². The fourth-order valence-corrected chi connectivity index (χ4v) is 1.32. The first kappa shape index (κ1) is 11.2. The van der Waals surface area contributed by atoms with Gasteiger partial charge in [-0.05, 0) is 26.1 Å². The fourth-order valence-electron chi connectivity index (χ4n) is 1.11. The van der Waals surface area contributed by atoms with Crippen LogP contribution in [0, 0.1) is 11.6 Å². The molecule has 0 bridgehead atoms. The highest BCUT2D eigenvalue weighted by Gasteiger charge is 2.16. The summed E-state index contributed by atoms with van der Waals surface area (Å²) in [7, 11) is 1.68. The highest BCUT2D eigenvalue weighted by Crippen LogP contribution is 2.29. The smallest absolute Gasteiger partial charge is 0.166 e. The van der Waals surface area contributed by atoms with Crippen molar-refractivity contribution in [3.63, 3.8) is 0 Å². The van der Waals surface area contributed by atoms with Gasteiger partial charge in [-0.2, -0.15) is 0 Å². The van der Waals surface area contributed by atoms with Gasteiger partial charge in [0, 0.05) is 5.56 Å². The molecule has 0 saturated heterocycles. The second-order valence-electron chi connectivity index (χ2n) is 2.83. The van der Waals surface area contributed by atoms with E-state index in [9.17, 15) is 13.9 Å². The van der Waals surface area contributed by atoms with Crippen molar-refractivity contribution in [2.75, 3.05) is 13.6 Å². The quantitative estimate of drug-likeness (QED) is 0.766. The number of nitrogens with one attached hydrogen (secondary N) is 1. The zero-order valence-corrected chi connectivity index (χ0v) is 8.33. The molecule has 0 aliphatic heterocycles. The third kappa shape index (κ3) is 2.13. The molecule has 2 N–H and O–H groups in total. The third-order valence-corrected chi connectivity index (χ3v) is 2.14. The molecule has 2 nitrogen and oxygen atoms in total. The summed E-state index contributed by atoms with van der Waals surface area (Å²) in [6.45, 7) is 0.435. The zero-order chi connectivity index (χ0) is 10.7. The summed E-state index contributed by atoms with van der Waals surface area (Å²) in [5, 5.41) is 11.7. The molecule has 0 spiro atoms. The minimum absolute atomic E-state index is 0.0932. The molecule has 0 unspecified atom stereocenters. The molecule has 1 aromatic rings. The van der Waals surface area contributed by atoms with Crippen LogP contribution in [-0.4, -0.2) is 18.7 Å². The molecule has 0 heterocycles. The van der Waals surface area contributed by atoms with E-state index in [1.165, 1.54) is 0 Å². The highest BCUT2D eigenvalue weighted by atomic mass is 35.5. The number of phenolic OH excluding ortho intramolecular Hbond substituents is 1. The van der Waals surface area contributed by atoms with Gasteiger partial charge in [0.2, 0.25) is 0 Å². The number of benzene rings is 1. The molecule has 0 saturated carbocycles. The Hall–Kier alpha value is -0.870. The molecular formula is C9H10ClF2NO. The van der Waals surface area contributed by atoms with E-state index in [-0.39, 0.29) is 17.0 Å². The number of halogens is 3. The molecule has 0 atom stereocenters. The summed E-state index contributed by atoms with van der Waals surface area (Å²) < 4.78 is 26.2. The van der Waals surface area contributed by atoms with Crippen LogP contribution in [0.3, 0.4) is 0 Å². The Balaban J connectivity index is 3.11. The Morgan fingerprint density at radius 2 is 2.14 bits per heavy atom. The first-order valence-electron chi connectivity index (χ1n) is 4.08. The van der Waals surface area contributed by atoms with Crippen molar-refractivity contribution < 1.29 is 13.9 Å². The Bertz CT molecular complexity index is 318. The van der Waals surface area contributed by atoms with E-state index in [2.05, 4.69) is 5.32 Å². The largest absolute Gasteiger partial charge is 0.505 e. The highest BCUT2D eigenvalue weighted by molar-refractivity contribution is 6.30. The fraction of sp³-hybridized carbons (Fsp3) is 0.333. The molecule has 0 aromatic heterocycles. The topological polar surface area (TPSA) is 32.3 Å². The predicted octanol–water partition coefficient (Wildman–Crippen LogP) is 2.09. The molecule has 14 heavy (non-hydrogen) atoms. The Kier molecular flexibility index (Phi) is 3.66. The van der Waals surface area contributed by atoms with E-state index in [1.54, 1.807) is 7.05 Å². The van der Waals surface area contributed by atoms with Gasteiger partial charge in [-0.15, -0.1) is 0 Å². The van der Waals surface area contributed by atoms with E-state index in [1.807, 2.05) is 0 Å². The maximum atomic E-state index is 13.3. The van der Waals surface area contributed by atoms with E-state index < -0.39 is 17.4 Å². The monoisotopic (exact) mass is 221 g/mol. The Morgan fingerprint density at radius 1 is 1.50 bits per heavy atom. The van der Waals surface area contributed by atoms with Crippen molar-refractivity contribution in [3.8, 4) is 5.75 Å². The lowest BCUT2D eigenvalue weighted by Gasteiger charge is -2.07. The summed E-state index contributed by atoms with van der Waals surface area (Å²) in [5.41, 5.74) is -0.0932. The summed E-state index contributed by atoms with van der Waals surface area (Å²) in [5.74, 6) is -2.33. The molecule has 1 rings (SSSR count). The van der Waals surface area contributed by atoms with Crippen LogP contribution in [0.25, 0.3) is 0 Å². The average molecular weight is 222 g/mol. The second kappa shape index (κ2) is 4.57. The normalized spacial score (nSPS) is 10.6. The standard InChI is InChI=1S/C9H10ClF2NO/c1-13-3-2-5-8(12)6(10)4-7(11)9(5)14/h4,13-14H,2-3H2,1H3. The van der Waals surface area contributed by atoms with Crippen molar-refractivity contribution in [2.24, 2.45) is 0 Å². The number of hydrogen-bond acceptors (Lipinski definition) is 2. The lowest BCUT2D eigenvalue weighted by Crippen LogP contribution is -2.11. The van der Waals surface area contributed by atoms with Gasteiger partial charge in [0.25, 0.3) is 0 Å². The van der Waals surface area contributed by atoms with Crippen LogP contribution >= 0.6 is 11.6 Å². The molecule has 78 valence electrons. The maximum absolute atomic E-state index is 13.3. The van der Waals surface area contributed by atoms with E-state index in [0.717, 1.165) is 6.07 Å². The Morgan fingerprint density at radius 3 is 2.71 bits per heavy atom. The Labute approximate surface area is 85.5 Å². The van der Waals surface area contributed by atoms with Gasteiger partial charge in [-0.25, -0.2) is 8.78 Å². The van der Waals surface area contributed by atoms with Gasteiger partial charge >= 0.3 is 0 Å². The SMILES string of the molecule is CNCCc1c(O)c(F)cc(Cl)c1F. The second-order valence-corrected chi connectivity index (χ2v) is 3.24. The van der Waals surface area contributed by atoms with Crippen LogP contribution in [0.2, 0.25) is 5.02 Å². The molecule has 0 amide bonds. The van der Waals surface area contributed by atoms with Crippen LogP contribution < -0.4 is 5.32 Å². The molecule has 1 aromatic carbocycles. The van der Waals surface area contributed by atoms with E-state index >= 15 is 0 Å². The van der Waals surface area contributed by atoms with Crippen LogP contribution in [0.4, 0.5) is 8.78 Å². The number of phenols is 1. The number of rotatable bonds is 3. The molecule has 5 heteroatoms. The van der Waals surface area contributed by atoms with Gasteiger partial charge in [0.15, 0.2) is 11.6 Å². The summed E-state index contributed by atoms with van der Waals surface area (Å²) in [6.07, 6.45) is 0.186. The first-order valence-corrected chi connectivity index (χ1v) is 4.45. The van der Waals surface area contributed by atoms with Crippen molar-refractivity contribution in [3.05, 3.63) is 28.3 Å². The predicted molar refractivity (Wildman–Crippen MR) is 50.7 cm³/mol. The van der Waals surface area contributed by atoms with Crippen LogP contribution in [0.5, 0.6) is 5.75 Å². The molecule has 0 aliphatic carbocycles. The van der Waals surface area contributed by atoms with Crippen LogP contribution in [0.15, 0.2) is 6.07 Å². The van der Waals surface area contributed by atoms with Gasteiger partial charge in [-0.1, -0.05) is 11.6 Å². The van der Waals surface area contributed by atoms with Crippen LogP contribution in [0.1, 0.15) is 5.56 Å². The van der Waals surface area contributed by atoms with Gasteiger partial charge < -0.3 is 10.4 Å². The van der Waals surface area contributed by atoms with Gasteiger partial charge in [-0.3, -0.25) is 0 Å². The lowest BCUT2D eigenvalue weighted by molar-refractivity contribution is 0.417. The van der Waals surface area contributed by atoms with Crippen molar-refractivity contribution in [1.82, 2.24) is 5.32 Å². The van der Waals surface area contributed by atoms with Crippen molar-refractivity contribution in [1.29, 1.82) is 0 Å². The zero-order valence-electron chi connectivity index (χ0n) is 7.57. The number of aromatic hydroxyl groups is 1. The molecule has 0 radical (unpaired) electrons. The third-order valence-electron chi connectivity index (χ3n) is 1.87. The summed E-state index contributed by atoms with van der Waals surface area (Å²) in [6, 6.07) is 0.759. The minimum atomic E-state index is -0.900. The maximum Gasteiger partial charge on any atom is 0.166 e. The minimum Gasteiger partial charge on any atom is -0.505 e. The first-order chi connectivity index (χ1) is 6.57.